The molecule has 1 N–H and O–H groups in total. The molecular formula is C32H36N2O8. The average molecular weight is 577 g/mol. The highest BCUT2D eigenvalue weighted by Gasteiger charge is 2.21. The van der Waals surface area contributed by atoms with E-state index in [1.54, 1.807) is 37.4 Å². The second-order valence-corrected chi connectivity index (χ2v) is 9.34. The maximum Gasteiger partial charge on any atom is 0.257 e. The van der Waals surface area contributed by atoms with Crippen molar-refractivity contribution < 1.29 is 32.9 Å². The minimum Gasteiger partial charge on any atom is -0.496 e. The standard InChI is InChI=1S/C32H36N2O8/c1-6-34(19-22-9-7-8-10-25(22)37-2)16-15-33-29(36)20-41-23-13-11-21(12-14-23)26-17-24(35)30-27(42-26)18-28(38-3)31(39-4)32(30)40-5/h7-14,17-18H,6,15-16,19-20H2,1-5H3,(H,33,36). The van der Waals surface area contributed by atoms with E-state index in [4.69, 9.17) is 28.1 Å². The Morgan fingerprint density at radius 3 is 2.26 bits per heavy atom. The summed E-state index contributed by atoms with van der Waals surface area (Å²) in [5.41, 5.74) is 1.77. The summed E-state index contributed by atoms with van der Waals surface area (Å²) in [6, 6.07) is 17.9. The molecule has 42 heavy (non-hydrogen) atoms. The second kappa shape index (κ2) is 14.3. The molecule has 10 heteroatoms. The van der Waals surface area contributed by atoms with Crippen molar-refractivity contribution in [1.29, 1.82) is 0 Å². The van der Waals surface area contributed by atoms with Gasteiger partial charge in [0.2, 0.25) is 5.75 Å². The monoisotopic (exact) mass is 576 g/mol. The van der Waals surface area contributed by atoms with Gasteiger partial charge in [-0.15, -0.1) is 0 Å². The third-order valence-electron chi connectivity index (χ3n) is 6.81. The van der Waals surface area contributed by atoms with Crippen LogP contribution in [-0.4, -0.2) is 65.5 Å². The lowest BCUT2D eigenvalue weighted by molar-refractivity contribution is -0.123. The van der Waals surface area contributed by atoms with Gasteiger partial charge in [-0.05, 0) is 36.9 Å². The van der Waals surface area contributed by atoms with Crippen molar-refractivity contribution in [2.45, 2.75) is 13.5 Å². The minimum absolute atomic E-state index is 0.121. The Hall–Kier alpha value is -4.70. The van der Waals surface area contributed by atoms with Gasteiger partial charge in [-0.1, -0.05) is 25.1 Å². The Labute approximate surface area is 244 Å². The number of para-hydroxylation sites is 1. The average Bonchev–Trinajstić information content (AvgIpc) is 3.02. The number of hydrogen-bond donors (Lipinski definition) is 1. The Bertz CT molecular complexity index is 1570. The number of amides is 1. The summed E-state index contributed by atoms with van der Waals surface area (Å²) in [7, 11) is 6.08. The van der Waals surface area contributed by atoms with Gasteiger partial charge in [0.1, 0.15) is 28.2 Å². The van der Waals surface area contributed by atoms with Gasteiger partial charge in [-0.3, -0.25) is 14.5 Å². The van der Waals surface area contributed by atoms with Gasteiger partial charge in [0, 0.05) is 42.9 Å². The van der Waals surface area contributed by atoms with Crippen LogP contribution in [0.1, 0.15) is 12.5 Å². The number of benzene rings is 3. The molecule has 4 aromatic rings. The maximum atomic E-state index is 13.0. The topological polar surface area (TPSA) is 109 Å². The Morgan fingerprint density at radius 2 is 1.60 bits per heavy atom. The van der Waals surface area contributed by atoms with Crippen molar-refractivity contribution in [1.82, 2.24) is 10.2 Å². The van der Waals surface area contributed by atoms with Crippen molar-refractivity contribution in [3.8, 4) is 40.1 Å². The number of methoxy groups -OCH3 is 4. The van der Waals surface area contributed by atoms with Gasteiger partial charge in [-0.2, -0.15) is 0 Å². The van der Waals surface area contributed by atoms with Gasteiger partial charge in [0.25, 0.3) is 5.91 Å². The first-order valence-electron chi connectivity index (χ1n) is 13.5. The molecule has 1 amide bonds. The smallest absolute Gasteiger partial charge is 0.257 e. The Morgan fingerprint density at radius 1 is 0.881 bits per heavy atom. The van der Waals surface area contributed by atoms with E-state index in [2.05, 4.69) is 17.1 Å². The minimum atomic E-state index is -0.286. The molecule has 0 spiro atoms. The van der Waals surface area contributed by atoms with Gasteiger partial charge in [0.15, 0.2) is 23.5 Å². The normalized spacial score (nSPS) is 10.9. The summed E-state index contributed by atoms with van der Waals surface area (Å²) < 4.78 is 33.3. The quantitative estimate of drug-likeness (QED) is 0.232. The van der Waals surface area contributed by atoms with E-state index in [0.717, 1.165) is 24.4 Å². The predicted octanol–water partition coefficient (Wildman–Crippen LogP) is 4.51. The van der Waals surface area contributed by atoms with E-state index < -0.39 is 0 Å². The van der Waals surface area contributed by atoms with Gasteiger partial charge in [-0.25, -0.2) is 0 Å². The fourth-order valence-electron chi connectivity index (χ4n) is 4.62. The number of carbonyl (C=O) groups excluding carboxylic acids is 1. The summed E-state index contributed by atoms with van der Waals surface area (Å²) in [6.45, 7) is 4.71. The molecule has 0 aliphatic carbocycles. The first-order chi connectivity index (χ1) is 20.4. The summed E-state index contributed by atoms with van der Waals surface area (Å²) in [5, 5.41) is 3.16. The lowest BCUT2D eigenvalue weighted by Crippen LogP contribution is -2.36. The molecule has 10 nitrogen and oxygen atoms in total. The molecule has 0 radical (unpaired) electrons. The Balaban J connectivity index is 1.34. The molecule has 0 aliphatic heterocycles. The number of hydrogen-bond acceptors (Lipinski definition) is 9. The van der Waals surface area contributed by atoms with Crippen molar-refractivity contribution in [2.75, 3.05) is 54.7 Å². The molecule has 0 fully saturated rings. The van der Waals surface area contributed by atoms with Crippen LogP contribution in [0.25, 0.3) is 22.3 Å². The number of ether oxygens (including phenoxy) is 5. The van der Waals surface area contributed by atoms with Crippen LogP contribution in [0.2, 0.25) is 0 Å². The summed E-state index contributed by atoms with van der Waals surface area (Å²) in [4.78, 5) is 27.6. The first kappa shape index (κ1) is 30.3. The van der Waals surface area contributed by atoms with E-state index in [1.165, 1.54) is 27.4 Å². The highest BCUT2D eigenvalue weighted by molar-refractivity contribution is 5.90. The number of rotatable bonds is 14. The highest BCUT2D eigenvalue weighted by Crippen LogP contribution is 2.42. The second-order valence-electron chi connectivity index (χ2n) is 9.34. The zero-order chi connectivity index (χ0) is 30.1. The van der Waals surface area contributed by atoms with E-state index in [1.807, 2.05) is 24.3 Å². The van der Waals surface area contributed by atoms with Crippen molar-refractivity contribution >= 4 is 16.9 Å². The summed E-state index contributed by atoms with van der Waals surface area (Å²) in [6.07, 6.45) is 0. The van der Waals surface area contributed by atoms with Crippen LogP contribution < -0.4 is 34.4 Å². The van der Waals surface area contributed by atoms with Crippen molar-refractivity contribution in [2.24, 2.45) is 0 Å². The molecule has 222 valence electrons. The first-order valence-corrected chi connectivity index (χ1v) is 13.5. The van der Waals surface area contributed by atoms with E-state index >= 15 is 0 Å². The van der Waals surface area contributed by atoms with Crippen LogP contribution in [0.4, 0.5) is 0 Å². The van der Waals surface area contributed by atoms with E-state index in [-0.39, 0.29) is 29.1 Å². The largest absolute Gasteiger partial charge is 0.496 e. The van der Waals surface area contributed by atoms with E-state index in [9.17, 15) is 9.59 Å². The van der Waals surface area contributed by atoms with Crippen LogP contribution in [-0.2, 0) is 11.3 Å². The maximum absolute atomic E-state index is 13.0. The van der Waals surface area contributed by atoms with Crippen LogP contribution in [0.15, 0.2) is 69.9 Å². The van der Waals surface area contributed by atoms with Gasteiger partial charge < -0.3 is 33.4 Å². The fourth-order valence-corrected chi connectivity index (χ4v) is 4.62. The highest BCUT2D eigenvalue weighted by atomic mass is 16.5. The van der Waals surface area contributed by atoms with Crippen LogP contribution >= 0.6 is 0 Å². The van der Waals surface area contributed by atoms with Crippen LogP contribution in [0.5, 0.6) is 28.7 Å². The molecule has 0 aliphatic rings. The van der Waals surface area contributed by atoms with Crippen molar-refractivity contribution in [3.05, 3.63) is 76.5 Å². The number of nitrogens with one attached hydrogen (secondary N) is 1. The summed E-state index contributed by atoms with van der Waals surface area (Å²) >= 11 is 0. The Kier molecular flexibility index (Phi) is 10.3. The molecular weight excluding hydrogens is 540 g/mol. The molecule has 0 unspecified atom stereocenters. The molecule has 1 heterocycles. The number of likely N-dealkylation sites (N-methyl/N-ethyl adjacent to an activating group) is 1. The van der Waals surface area contributed by atoms with Crippen LogP contribution in [0, 0.1) is 0 Å². The van der Waals surface area contributed by atoms with Gasteiger partial charge >= 0.3 is 0 Å². The van der Waals surface area contributed by atoms with Crippen LogP contribution in [0.3, 0.4) is 0 Å². The SMILES string of the molecule is CCN(CCNC(=O)COc1ccc(-c2cc(=O)c3c(OC)c(OC)c(OC)cc3o2)cc1)Cc1ccccc1OC. The third-order valence-corrected chi connectivity index (χ3v) is 6.81. The zero-order valence-corrected chi connectivity index (χ0v) is 24.5. The lowest BCUT2D eigenvalue weighted by Gasteiger charge is -2.21. The molecule has 4 rings (SSSR count). The van der Waals surface area contributed by atoms with E-state index in [0.29, 0.717) is 47.2 Å². The van der Waals surface area contributed by atoms with Gasteiger partial charge in [0.05, 0.1) is 28.4 Å². The van der Waals surface area contributed by atoms with Crippen molar-refractivity contribution in [3.63, 3.8) is 0 Å². The zero-order valence-electron chi connectivity index (χ0n) is 24.5. The molecule has 0 saturated carbocycles. The molecule has 1 aromatic heterocycles. The third kappa shape index (κ3) is 6.95. The molecule has 3 aromatic carbocycles. The predicted molar refractivity (Wildman–Crippen MR) is 160 cm³/mol. The molecule has 0 bridgehead atoms. The lowest BCUT2D eigenvalue weighted by atomic mass is 10.1. The molecule has 0 atom stereocenters. The molecule has 0 saturated heterocycles. The number of fused-ring (bicyclic) bond motifs is 1. The number of nitrogens with zero attached hydrogens (tertiary/aromatic N) is 1. The fraction of sp³-hybridized carbons (Fsp3) is 0.312. The number of carbonyl (C=O) groups is 1. The summed E-state index contributed by atoms with van der Waals surface area (Å²) in [5.74, 6) is 2.44.